The van der Waals surface area contributed by atoms with Gasteiger partial charge in [0.25, 0.3) is 5.91 Å². The topological polar surface area (TPSA) is 57.2 Å². The van der Waals surface area contributed by atoms with E-state index in [-0.39, 0.29) is 24.8 Å². The zero-order valence-corrected chi connectivity index (χ0v) is 13.5. The molecule has 0 spiro atoms. The van der Waals surface area contributed by atoms with E-state index in [1.54, 1.807) is 26.2 Å². The van der Waals surface area contributed by atoms with Gasteiger partial charge in [-0.3, -0.25) is 4.79 Å². The van der Waals surface area contributed by atoms with Crippen molar-refractivity contribution >= 4 is 5.91 Å². The van der Waals surface area contributed by atoms with Crippen LogP contribution in [0.5, 0.6) is 0 Å². The minimum atomic E-state index is -0.367. The highest BCUT2D eigenvalue weighted by Gasteiger charge is 2.47. The minimum Gasteiger partial charge on any atom is -0.385 e. The summed E-state index contributed by atoms with van der Waals surface area (Å²) in [6.07, 6.45) is 6.38. The molecule has 6 heteroatoms. The van der Waals surface area contributed by atoms with Gasteiger partial charge in [0.05, 0.1) is 6.04 Å². The van der Waals surface area contributed by atoms with E-state index in [2.05, 4.69) is 0 Å². The molecular weight excluding hydrogens is 274 g/mol. The average molecular weight is 303 g/mol. The van der Waals surface area contributed by atoms with E-state index in [0.717, 1.165) is 25.9 Å². The Morgan fingerprint density at radius 1 is 0.952 bits per heavy atom. The number of carbonyl (C=O) groups excluding carboxylic acids is 1. The molecule has 0 aromatic carbocycles. The summed E-state index contributed by atoms with van der Waals surface area (Å²) >= 11 is 0. The number of likely N-dealkylation sites (tertiary alicyclic amines) is 1. The second-order valence-corrected chi connectivity index (χ2v) is 5.34. The van der Waals surface area contributed by atoms with E-state index in [1.165, 1.54) is 19.3 Å². The molecule has 1 aliphatic rings. The number of ether oxygens (including phenoxy) is 4. The first-order chi connectivity index (χ1) is 10.3. The molecular formula is C15H29NO5. The van der Waals surface area contributed by atoms with Gasteiger partial charge in [0, 0.05) is 27.9 Å². The van der Waals surface area contributed by atoms with Gasteiger partial charge in [-0.15, -0.1) is 0 Å². The van der Waals surface area contributed by atoms with Crippen molar-refractivity contribution in [3.8, 4) is 0 Å². The third kappa shape index (κ3) is 5.90. The molecule has 0 bridgehead atoms. The van der Waals surface area contributed by atoms with Crippen molar-refractivity contribution in [2.75, 3.05) is 41.5 Å². The molecule has 1 aliphatic heterocycles. The minimum absolute atomic E-state index is 0.000931. The van der Waals surface area contributed by atoms with Crippen LogP contribution in [-0.2, 0) is 23.7 Å². The summed E-state index contributed by atoms with van der Waals surface area (Å²) in [4.78, 5) is 13.7. The van der Waals surface area contributed by atoms with E-state index in [4.69, 9.17) is 18.9 Å². The Balaban J connectivity index is 2.22. The Labute approximate surface area is 127 Å². The Morgan fingerprint density at radius 2 is 1.67 bits per heavy atom. The number of carbonyl (C=O) groups is 1. The van der Waals surface area contributed by atoms with Crippen LogP contribution in [-0.4, -0.2) is 64.4 Å². The van der Waals surface area contributed by atoms with Crippen LogP contribution in [0.3, 0.4) is 0 Å². The molecule has 1 saturated heterocycles. The van der Waals surface area contributed by atoms with Gasteiger partial charge in [0.15, 0.2) is 6.10 Å². The smallest absolute Gasteiger partial charge is 0.256 e. The predicted molar refractivity (Wildman–Crippen MR) is 78.8 cm³/mol. The summed E-state index contributed by atoms with van der Waals surface area (Å²) in [5.41, 5.74) is 0. The lowest BCUT2D eigenvalue weighted by Crippen LogP contribution is -2.66. The number of unbranched alkanes of at least 4 members (excludes halogenated alkanes) is 4. The van der Waals surface area contributed by atoms with Crippen LogP contribution in [0.4, 0.5) is 0 Å². The van der Waals surface area contributed by atoms with Crippen molar-refractivity contribution in [3.63, 3.8) is 0 Å². The number of hydrogen-bond donors (Lipinski definition) is 0. The second kappa shape index (κ2) is 11.0. The van der Waals surface area contributed by atoms with Gasteiger partial charge in [-0.2, -0.15) is 0 Å². The van der Waals surface area contributed by atoms with E-state index in [1.807, 2.05) is 0 Å². The lowest BCUT2D eigenvalue weighted by atomic mass is 9.93. The van der Waals surface area contributed by atoms with E-state index < -0.39 is 0 Å². The highest BCUT2D eigenvalue weighted by molar-refractivity contribution is 5.88. The van der Waals surface area contributed by atoms with Gasteiger partial charge in [-0.05, 0) is 12.8 Å². The third-order valence-electron chi connectivity index (χ3n) is 3.76. The monoisotopic (exact) mass is 303 g/mol. The molecule has 0 saturated carbocycles. The molecule has 6 nitrogen and oxygen atoms in total. The van der Waals surface area contributed by atoms with Crippen LogP contribution in [0, 0.1) is 0 Å². The van der Waals surface area contributed by atoms with Crippen molar-refractivity contribution in [1.82, 2.24) is 4.90 Å². The summed E-state index contributed by atoms with van der Waals surface area (Å²) in [6, 6.07) is 0.117. The van der Waals surface area contributed by atoms with Crippen LogP contribution in [0.15, 0.2) is 0 Å². The largest absolute Gasteiger partial charge is 0.385 e. The second-order valence-electron chi connectivity index (χ2n) is 5.34. The SMILES string of the molecule is COCCCCCCCC1[C@@H](OCOC)C(=O)N1COC. The molecule has 0 aromatic rings. The van der Waals surface area contributed by atoms with Gasteiger partial charge >= 0.3 is 0 Å². The molecule has 1 fully saturated rings. The summed E-state index contributed by atoms with van der Waals surface area (Å²) in [7, 11) is 4.90. The van der Waals surface area contributed by atoms with E-state index in [0.29, 0.717) is 6.73 Å². The van der Waals surface area contributed by atoms with Crippen LogP contribution in [0.25, 0.3) is 0 Å². The van der Waals surface area contributed by atoms with Crippen molar-refractivity contribution in [2.45, 2.75) is 50.7 Å². The Kier molecular flexibility index (Phi) is 9.58. The average Bonchev–Trinajstić information content (AvgIpc) is 2.50. The van der Waals surface area contributed by atoms with Crippen molar-refractivity contribution in [2.24, 2.45) is 0 Å². The van der Waals surface area contributed by atoms with Crippen molar-refractivity contribution in [1.29, 1.82) is 0 Å². The summed E-state index contributed by atoms with van der Waals surface area (Å²) in [5.74, 6) is -0.000931. The standard InChI is InChI=1S/C15H29NO5/c1-18-10-8-6-4-5-7-9-13-14(21-12-20-3)15(17)16(13)11-19-2/h13-14H,4-12H2,1-3H3/t13?,14-/m1/s1. The Morgan fingerprint density at radius 3 is 2.33 bits per heavy atom. The first-order valence-electron chi connectivity index (χ1n) is 7.65. The highest BCUT2D eigenvalue weighted by atomic mass is 16.7. The van der Waals surface area contributed by atoms with Crippen LogP contribution < -0.4 is 0 Å². The number of methoxy groups -OCH3 is 3. The first-order valence-corrected chi connectivity index (χ1v) is 7.65. The van der Waals surface area contributed by atoms with Gasteiger partial charge in [-0.1, -0.05) is 25.7 Å². The fraction of sp³-hybridized carbons (Fsp3) is 0.933. The molecule has 0 aliphatic carbocycles. The fourth-order valence-corrected chi connectivity index (χ4v) is 2.63. The highest BCUT2D eigenvalue weighted by Crippen LogP contribution is 2.27. The van der Waals surface area contributed by atoms with Crippen molar-refractivity contribution in [3.05, 3.63) is 0 Å². The third-order valence-corrected chi connectivity index (χ3v) is 3.76. The van der Waals surface area contributed by atoms with Crippen molar-refractivity contribution < 1.29 is 23.7 Å². The van der Waals surface area contributed by atoms with Gasteiger partial charge < -0.3 is 23.8 Å². The van der Waals surface area contributed by atoms with E-state index in [9.17, 15) is 4.79 Å². The maximum atomic E-state index is 11.9. The Hall–Kier alpha value is -0.690. The number of β-lactam (4-membered cyclic amide) rings is 1. The number of rotatable bonds is 13. The molecule has 1 amide bonds. The molecule has 1 heterocycles. The molecule has 1 unspecified atom stereocenters. The van der Waals surface area contributed by atoms with E-state index >= 15 is 0 Å². The maximum Gasteiger partial charge on any atom is 0.256 e. The van der Waals surface area contributed by atoms with Gasteiger partial charge in [0.1, 0.15) is 13.5 Å². The Bertz CT molecular complexity index is 287. The zero-order chi connectivity index (χ0) is 15.5. The maximum absolute atomic E-state index is 11.9. The molecule has 124 valence electrons. The molecule has 2 atom stereocenters. The fourth-order valence-electron chi connectivity index (χ4n) is 2.63. The molecule has 21 heavy (non-hydrogen) atoms. The van der Waals surface area contributed by atoms with Crippen LogP contribution in [0.2, 0.25) is 0 Å². The van der Waals surface area contributed by atoms with Crippen LogP contribution in [0.1, 0.15) is 38.5 Å². The van der Waals surface area contributed by atoms with Gasteiger partial charge in [-0.25, -0.2) is 0 Å². The lowest BCUT2D eigenvalue weighted by molar-refractivity contribution is -0.197. The summed E-state index contributed by atoms with van der Waals surface area (Å²) in [5, 5.41) is 0. The molecule has 0 radical (unpaired) electrons. The quantitative estimate of drug-likeness (QED) is 0.295. The number of amides is 1. The summed E-state index contributed by atoms with van der Waals surface area (Å²) < 4.78 is 20.4. The summed E-state index contributed by atoms with van der Waals surface area (Å²) in [6.45, 7) is 1.33. The molecule has 0 aromatic heterocycles. The van der Waals surface area contributed by atoms with Crippen LogP contribution >= 0.6 is 0 Å². The predicted octanol–water partition coefficient (Wildman–Crippen LogP) is 1.78. The number of nitrogens with zero attached hydrogens (tertiary/aromatic N) is 1. The zero-order valence-electron chi connectivity index (χ0n) is 13.5. The first kappa shape index (κ1) is 18.4. The normalized spacial score (nSPS) is 21.7. The lowest BCUT2D eigenvalue weighted by Gasteiger charge is -2.46. The molecule has 0 N–H and O–H groups in total. The van der Waals surface area contributed by atoms with Gasteiger partial charge in [0.2, 0.25) is 0 Å². The molecule has 1 rings (SSSR count). The number of hydrogen-bond acceptors (Lipinski definition) is 5.